The van der Waals surface area contributed by atoms with Gasteiger partial charge in [0.2, 0.25) is 0 Å². The molecule has 0 heterocycles. The molecule has 0 unspecified atom stereocenters. The molecule has 0 fully saturated rings. The van der Waals surface area contributed by atoms with Gasteiger partial charge in [0.25, 0.3) is 0 Å². The maximum atomic E-state index is 9.85. The Morgan fingerprint density at radius 1 is 1.62 bits per heavy atom. The van der Waals surface area contributed by atoms with Crippen LogP contribution in [0.3, 0.4) is 0 Å². The molecule has 1 radical (unpaired) electrons. The first kappa shape index (κ1) is 12.4. The van der Waals surface area contributed by atoms with Crippen molar-refractivity contribution in [1.29, 1.82) is 0 Å². The minimum atomic E-state index is -3.78. The van der Waals surface area contributed by atoms with Crippen molar-refractivity contribution < 1.29 is 14.4 Å². The molecule has 0 bridgehead atoms. The molecule has 0 aromatic heterocycles. The van der Waals surface area contributed by atoms with Crippen LogP contribution in [0.4, 0.5) is 0 Å². The monoisotopic (exact) mass is 207 g/mol. The molecule has 43 valence electrons. The zero-order chi connectivity index (χ0) is 5.91. The fraction of sp³-hybridized carbons (Fsp3) is 0.333. The summed E-state index contributed by atoms with van der Waals surface area (Å²) in [5, 5.41) is 0. The van der Waals surface area contributed by atoms with Crippen LogP contribution < -0.4 is 0 Å². The second kappa shape index (κ2) is 5.48. The first-order valence-corrected chi connectivity index (χ1v) is 3.51. The Kier molecular flexibility index (Phi) is 8.48. The van der Waals surface area contributed by atoms with E-state index in [1.54, 1.807) is 0 Å². The van der Waals surface area contributed by atoms with Crippen molar-refractivity contribution in [2.24, 2.45) is 0 Å². The van der Waals surface area contributed by atoms with Gasteiger partial charge in [-0.05, 0) is 0 Å². The van der Waals surface area contributed by atoms with Crippen LogP contribution >= 0.6 is 7.60 Å². The van der Waals surface area contributed by atoms with Crippen molar-refractivity contribution in [3.63, 3.8) is 0 Å². The van der Waals surface area contributed by atoms with Gasteiger partial charge in [-0.25, -0.2) is 0 Å². The van der Waals surface area contributed by atoms with E-state index in [1.165, 1.54) is 6.08 Å². The van der Waals surface area contributed by atoms with Gasteiger partial charge in [-0.15, -0.1) is 6.58 Å². The van der Waals surface area contributed by atoms with E-state index in [2.05, 4.69) is 6.58 Å². The van der Waals surface area contributed by atoms with Crippen molar-refractivity contribution in [2.45, 2.75) is 0 Å². The van der Waals surface area contributed by atoms with Crippen LogP contribution in [0.15, 0.2) is 12.7 Å². The van der Waals surface area contributed by atoms with Crippen LogP contribution in [0.5, 0.6) is 0 Å². The number of hydrogen-bond acceptors (Lipinski definition) is 1. The van der Waals surface area contributed by atoms with Crippen LogP contribution in [0.25, 0.3) is 0 Å². The molecule has 0 rings (SSSR count). The standard InChI is InChI=1S/C3H7O3P.Rb/c1-2-3-7(4,5)6;/h2H,1,3H2,(H2,4,5,6);. The fourth-order valence-corrected chi connectivity index (χ4v) is 0.505. The van der Waals surface area contributed by atoms with E-state index >= 15 is 0 Å². The molecular formula is C3H7O3PRb. The van der Waals surface area contributed by atoms with E-state index in [1.807, 2.05) is 0 Å². The molecule has 0 saturated carbocycles. The molecule has 0 amide bonds. The summed E-state index contributed by atoms with van der Waals surface area (Å²) in [5.41, 5.74) is 0. The summed E-state index contributed by atoms with van der Waals surface area (Å²) in [6.07, 6.45) is 0.966. The Morgan fingerprint density at radius 2 is 2.00 bits per heavy atom. The number of allylic oxidation sites excluding steroid dienone is 1. The molecule has 0 aromatic carbocycles. The molecule has 0 aliphatic rings. The quantitative estimate of drug-likeness (QED) is 0.494. The molecule has 2 N–H and O–H groups in total. The molecule has 0 atom stereocenters. The van der Waals surface area contributed by atoms with Gasteiger partial charge >= 0.3 is 7.60 Å². The van der Waals surface area contributed by atoms with Crippen LogP contribution in [0, 0.1) is 0 Å². The first-order chi connectivity index (χ1) is 3.06. The minimum Gasteiger partial charge on any atom is -0.324 e. The van der Waals surface area contributed by atoms with E-state index in [9.17, 15) is 4.57 Å². The largest absolute Gasteiger partial charge is 0.329 e. The van der Waals surface area contributed by atoms with Crippen LogP contribution in [-0.4, -0.2) is 74.1 Å². The normalized spacial score (nSPS) is 9.75. The van der Waals surface area contributed by atoms with Crippen molar-refractivity contribution in [3.05, 3.63) is 12.7 Å². The Labute approximate surface area is 97.1 Å². The van der Waals surface area contributed by atoms with E-state index < -0.39 is 7.60 Å². The molecule has 5 heteroatoms. The topological polar surface area (TPSA) is 57.5 Å². The summed E-state index contributed by atoms with van der Waals surface area (Å²) in [6, 6.07) is 0. The summed E-state index contributed by atoms with van der Waals surface area (Å²) < 4.78 is 9.85. The fourth-order valence-electron chi connectivity index (χ4n) is 0.168. The smallest absolute Gasteiger partial charge is 0.324 e. The van der Waals surface area contributed by atoms with Crippen molar-refractivity contribution in [2.75, 3.05) is 6.16 Å². The average Bonchev–Trinajstić information content (AvgIpc) is 1.30. The van der Waals surface area contributed by atoms with Crippen molar-refractivity contribution in [3.8, 4) is 0 Å². The maximum absolute atomic E-state index is 9.85. The van der Waals surface area contributed by atoms with E-state index in [0.29, 0.717) is 0 Å². The molecular weight excluding hydrogens is 200 g/mol. The van der Waals surface area contributed by atoms with Crippen LogP contribution in [0.2, 0.25) is 0 Å². The van der Waals surface area contributed by atoms with Crippen molar-refractivity contribution in [1.82, 2.24) is 0 Å². The second-order valence-electron chi connectivity index (χ2n) is 1.14. The predicted molar refractivity (Wildman–Crippen MR) is 32.9 cm³/mol. The van der Waals surface area contributed by atoms with E-state index in [4.69, 9.17) is 9.79 Å². The molecule has 3 nitrogen and oxygen atoms in total. The van der Waals surface area contributed by atoms with Crippen LogP contribution in [-0.2, 0) is 4.57 Å². The Balaban J connectivity index is 0. The van der Waals surface area contributed by atoms with E-state index in [0.717, 1.165) is 0 Å². The van der Waals surface area contributed by atoms with E-state index in [-0.39, 0.29) is 64.3 Å². The summed E-state index contributed by atoms with van der Waals surface area (Å²) in [5.74, 6) is 0. The molecule has 0 aromatic rings. The first-order valence-electron chi connectivity index (χ1n) is 1.72. The van der Waals surface area contributed by atoms with Gasteiger partial charge in [0.15, 0.2) is 0 Å². The SMILES string of the molecule is C=CCP(=O)(O)O.[Rb]. The van der Waals surface area contributed by atoms with Gasteiger partial charge in [-0.3, -0.25) is 4.57 Å². The zero-order valence-electron chi connectivity index (χ0n) is 4.74. The molecule has 8 heavy (non-hydrogen) atoms. The van der Waals surface area contributed by atoms with Gasteiger partial charge in [0.1, 0.15) is 0 Å². The summed E-state index contributed by atoms with van der Waals surface area (Å²) in [6.45, 7) is 3.15. The van der Waals surface area contributed by atoms with Gasteiger partial charge < -0.3 is 9.79 Å². The van der Waals surface area contributed by atoms with Gasteiger partial charge in [0.05, 0.1) is 6.16 Å². The minimum absolute atomic E-state index is 0. The van der Waals surface area contributed by atoms with Crippen LogP contribution in [0.1, 0.15) is 0 Å². The third-order valence-electron chi connectivity index (χ3n) is 0.367. The maximum Gasteiger partial charge on any atom is 0.329 e. The van der Waals surface area contributed by atoms with Gasteiger partial charge in [-0.2, -0.15) is 0 Å². The number of hydrogen-bond donors (Lipinski definition) is 2. The predicted octanol–water partition coefficient (Wildman–Crippen LogP) is -0.0307. The third kappa shape index (κ3) is 10.6. The molecule has 0 spiro atoms. The molecule has 0 aliphatic carbocycles. The second-order valence-corrected chi connectivity index (χ2v) is 2.83. The summed E-state index contributed by atoms with van der Waals surface area (Å²) in [4.78, 5) is 16.1. The third-order valence-corrected chi connectivity index (χ3v) is 1.10. The van der Waals surface area contributed by atoms with Crippen molar-refractivity contribution >= 4 is 65.8 Å². The Hall–Kier alpha value is 1.70. The van der Waals surface area contributed by atoms with Gasteiger partial charge in [-0.1, -0.05) is 6.08 Å². The summed E-state index contributed by atoms with van der Waals surface area (Å²) in [7, 11) is -3.78. The summed E-state index contributed by atoms with van der Waals surface area (Å²) >= 11 is 0. The number of rotatable bonds is 2. The van der Waals surface area contributed by atoms with Gasteiger partial charge in [0, 0.05) is 58.2 Å². The Bertz CT molecular complexity index is 107. The molecule has 0 aliphatic heterocycles. The molecule has 0 saturated heterocycles. The Morgan fingerprint density at radius 3 is 2.00 bits per heavy atom. The average molecular weight is 208 g/mol. The zero-order valence-corrected chi connectivity index (χ0v) is 10.6.